The van der Waals surface area contributed by atoms with Crippen molar-refractivity contribution < 1.29 is 14.7 Å². The van der Waals surface area contributed by atoms with E-state index >= 15 is 0 Å². The molecule has 0 spiro atoms. The Balaban J connectivity index is 2.08. The van der Waals surface area contributed by atoms with E-state index in [-0.39, 0.29) is 29.4 Å². The molecule has 3 unspecified atom stereocenters. The van der Waals surface area contributed by atoms with Gasteiger partial charge in [-0.25, -0.2) is 4.79 Å². The van der Waals surface area contributed by atoms with Crippen molar-refractivity contribution in [2.45, 2.75) is 39.3 Å². The largest absolute Gasteiger partial charge is 0.481 e. The molecule has 2 amide bonds. The van der Waals surface area contributed by atoms with Crippen molar-refractivity contribution in [3.8, 4) is 0 Å². The van der Waals surface area contributed by atoms with Crippen molar-refractivity contribution in [3.05, 3.63) is 0 Å². The number of carbonyl (C=O) groups excluding carboxylic acids is 1. The summed E-state index contributed by atoms with van der Waals surface area (Å²) in [7, 11) is 1.80. The molecule has 2 rings (SSSR count). The van der Waals surface area contributed by atoms with E-state index in [0.717, 1.165) is 0 Å². The molecule has 1 N–H and O–H groups in total. The molecule has 1 saturated carbocycles. The third-order valence-corrected chi connectivity index (χ3v) is 3.86. The van der Waals surface area contributed by atoms with Crippen LogP contribution in [0.25, 0.3) is 0 Å². The second kappa shape index (κ2) is 3.62. The molecule has 0 radical (unpaired) electrons. The Morgan fingerprint density at radius 3 is 2.35 bits per heavy atom. The number of amides is 2. The minimum atomic E-state index is -0.787. The summed E-state index contributed by atoms with van der Waals surface area (Å²) in [5, 5.41) is 8.91. The lowest BCUT2D eigenvalue weighted by atomic mass is 9.86. The van der Waals surface area contributed by atoms with Crippen LogP contribution in [0.1, 0.15) is 27.2 Å². The van der Waals surface area contributed by atoms with Crippen LogP contribution in [0.4, 0.5) is 4.79 Å². The standard InChI is InChI=1S/C12H20N2O3/c1-12(2,3)9-6-14(11(17)13(9)4)8-5-7(8)10(15)16/h7-9H,5-6H2,1-4H3,(H,15,16). The maximum atomic E-state index is 12.1. The van der Waals surface area contributed by atoms with Crippen LogP contribution in [0, 0.1) is 11.3 Å². The van der Waals surface area contributed by atoms with E-state index in [0.29, 0.717) is 13.0 Å². The van der Waals surface area contributed by atoms with Gasteiger partial charge in [-0.15, -0.1) is 0 Å². The Hall–Kier alpha value is -1.26. The van der Waals surface area contributed by atoms with Crippen molar-refractivity contribution >= 4 is 12.0 Å². The maximum absolute atomic E-state index is 12.1. The van der Waals surface area contributed by atoms with Crippen LogP contribution >= 0.6 is 0 Å². The number of likely N-dealkylation sites (N-methyl/N-ethyl adjacent to an activating group) is 1. The number of carbonyl (C=O) groups is 2. The van der Waals surface area contributed by atoms with Gasteiger partial charge in [0.1, 0.15) is 0 Å². The fourth-order valence-corrected chi connectivity index (χ4v) is 2.65. The van der Waals surface area contributed by atoms with E-state index in [2.05, 4.69) is 20.8 Å². The Kier molecular flexibility index (Phi) is 2.60. The van der Waals surface area contributed by atoms with Gasteiger partial charge in [-0.05, 0) is 11.8 Å². The highest BCUT2D eigenvalue weighted by atomic mass is 16.4. The maximum Gasteiger partial charge on any atom is 0.320 e. The van der Waals surface area contributed by atoms with E-state index in [4.69, 9.17) is 5.11 Å². The summed E-state index contributed by atoms with van der Waals surface area (Å²) in [6.07, 6.45) is 0.603. The molecule has 0 aromatic rings. The van der Waals surface area contributed by atoms with E-state index in [1.54, 1.807) is 16.8 Å². The summed E-state index contributed by atoms with van der Waals surface area (Å²) in [4.78, 5) is 26.4. The Bertz CT molecular complexity index is 361. The van der Waals surface area contributed by atoms with Gasteiger partial charge in [0.2, 0.25) is 0 Å². The first-order valence-corrected chi connectivity index (χ1v) is 5.99. The van der Waals surface area contributed by atoms with Crippen molar-refractivity contribution in [1.82, 2.24) is 9.80 Å². The van der Waals surface area contributed by atoms with Gasteiger partial charge in [-0.3, -0.25) is 4.79 Å². The average molecular weight is 240 g/mol. The minimum Gasteiger partial charge on any atom is -0.481 e. The Morgan fingerprint density at radius 1 is 1.41 bits per heavy atom. The topological polar surface area (TPSA) is 60.9 Å². The predicted molar refractivity (Wildman–Crippen MR) is 62.6 cm³/mol. The number of nitrogens with zero attached hydrogens (tertiary/aromatic N) is 2. The lowest BCUT2D eigenvalue weighted by Crippen LogP contribution is -2.39. The van der Waals surface area contributed by atoms with Gasteiger partial charge >= 0.3 is 12.0 Å². The second-order valence-corrected chi connectivity index (χ2v) is 6.18. The molecule has 2 fully saturated rings. The summed E-state index contributed by atoms with van der Waals surface area (Å²) in [6.45, 7) is 6.96. The molecule has 0 aromatic carbocycles. The number of hydrogen-bond acceptors (Lipinski definition) is 2. The van der Waals surface area contributed by atoms with Gasteiger partial charge in [-0.1, -0.05) is 20.8 Å². The lowest BCUT2D eigenvalue weighted by molar-refractivity contribution is -0.138. The molecule has 1 aliphatic carbocycles. The number of urea groups is 1. The first kappa shape index (κ1) is 12.2. The zero-order valence-corrected chi connectivity index (χ0v) is 10.8. The van der Waals surface area contributed by atoms with Gasteiger partial charge in [0, 0.05) is 19.6 Å². The smallest absolute Gasteiger partial charge is 0.320 e. The number of carboxylic acids is 1. The van der Waals surface area contributed by atoms with Gasteiger partial charge in [0.05, 0.1) is 12.0 Å². The molecule has 5 nitrogen and oxygen atoms in total. The van der Waals surface area contributed by atoms with Gasteiger partial charge < -0.3 is 14.9 Å². The van der Waals surface area contributed by atoms with Crippen LogP contribution in [0.3, 0.4) is 0 Å². The van der Waals surface area contributed by atoms with Gasteiger partial charge in [0.25, 0.3) is 0 Å². The van der Waals surface area contributed by atoms with Crippen LogP contribution in [0.15, 0.2) is 0 Å². The van der Waals surface area contributed by atoms with Crippen LogP contribution in [0.2, 0.25) is 0 Å². The van der Waals surface area contributed by atoms with E-state index in [9.17, 15) is 9.59 Å². The molecule has 1 heterocycles. The molecule has 0 bridgehead atoms. The highest BCUT2D eigenvalue weighted by Crippen LogP contribution is 2.40. The Labute approximate surface area is 101 Å². The Morgan fingerprint density at radius 2 is 2.00 bits per heavy atom. The molecule has 5 heteroatoms. The molecule has 17 heavy (non-hydrogen) atoms. The molecule has 1 saturated heterocycles. The third kappa shape index (κ3) is 1.98. The lowest BCUT2D eigenvalue weighted by Gasteiger charge is -2.30. The summed E-state index contributed by atoms with van der Waals surface area (Å²) >= 11 is 0. The predicted octanol–water partition coefficient (Wildman–Crippen LogP) is 1.24. The summed E-state index contributed by atoms with van der Waals surface area (Å²) in [6, 6.07) is 0.0403. The van der Waals surface area contributed by atoms with Crippen molar-refractivity contribution in [2.75, 3.05) is 13.6 Å². The van der Waals surface area contributed by atoms with E-state index in [1.807, 2.05) is 0 Å². The van der Waals surface area contributed by atoms with Gasteiger partial charge in [0.15, 0.2) is 0 Å². The SMILES string of the molecule is CN1C(=O)N(C2CC2C(=O)O)CC1C(C)(C)C. The van der Waals surface area contributed by atoms with E-state index in [1.165, 1.54) is 0 Å². The number of aliphatic carboxylic acids is 1. The van der Waals surface area contributed by atoms with Crippen LogP contribution in [0.5, 0.6) is 0 Å². The summed E-state index contributed by atoms with van der Waals surface area (Å²) in [5.41, 5.74) is 0.0206. The highest BCUT2D eigenvalue weighted by molar-refractivity contribution is 5.81. The van der Waals surface area contributed by atoms with Crippen LogP contribution in [-0.2, 0) is 4.79 Å². The highest BCUT2D eigenvalue weighted by Gasteiger charge is 2.54. The van der Waals surface area contributed by atoms with Crippen molar-refractivity contribution in [1.29, 1.82) is 0 Å². The second-order valence-electron chi connectivity index (χ2n) is 6.18. The zero-order chi connectivity index (χ0) is 13.0. The fraction of sp³-hybridized carbons (Fsp3) is 0.833. The minimum absolute atomic E-state index is 0.0206. The molecular formula is C12H20N2O3. The average Bonchev–Trinajstić information content (AvgIpc) is 2.90. The number of carboxylic acid groups (broad SMARTS) is 1. The first-order valence-electron chi connectivity index (χ1n) is 5.99. The summed E-state index contributed by atoms with van der Waals surface area (Å²) < 4.78 is 0. The van der Waals surface area contributed by atoms with Gasteiger partial charge in [-0.2, -0.15) is 0 Å². The third-order valence-electron chi connectivity index (χ3n) is 3.86. The van der Waals surface area contributed by atoms with Crippen LogP contribution in [-0.4, -0.2) is 52.6 Å². The number of hydrogen-bond donors (Lipinski definition) is 1. The normalized spacial score (nSPS) is 33.2. The van der Waals surface area contributed by atoms with Crippen LogP contribution < -0.4 is 0 Å². The molecule has 2 aliphatic rings. The monoisotopic (exact) mass is 240 g/mol. The van der Waals surface area contributed by atoms with Crippen molar-refractivity contribution in [2.24, 2.45) is 11.3 Å². The van der Waals surface area contributed by atoms with E-state index < -0.39 is 5.97 Å². The summed E-state index contributed by atoms with van der Waals surface area (Å²) in [5.74, 6) is -1.14. The molecule has 1 aliphatic heterocycles. The molecule has 3 atom stereocenters. The zero-order valence-electron chi connectivity index (χ0n) is 10.8. The molecular weight excluding hydrogens is 220 g/mol. The molecule has 0 aromatic heterocycles. The first-order chi connectivity index (χ1) is 7.73. The molecule has 96 valence electrons. The quantitative estimate of drug-likeness (QED) is 0.790. The number of rotatable bonds is 2. The fourth-order valence-electron chi connectivity index (χ4n) is 2.65. The van der Waals surface area contributed by atoms with Crippen molar-refractivity contribution in [3.63, 3.8) is 0 Å².